The van der Waals surface area contributed by atoms with E-state index in [1.54, 1.807) is 0 Å². The molecule has 0 bridgehead atoms. The van der Waals surface area contributed by atoms with Crippen molar-refractivity contribution in [3.05, 3.63) is 5.01 Å². The predicted molar refractivity (Wildman–Crippen MR) is 64.5 cm³/mol. The topological polar surface area (TPSA) is 115 Å². The molecule has 0 aliphatic carbocycles. The summed E-state index contributed by atoms with van der Waals surface area (Å²) in [4.78, 5) is 13.0. The fourth-order valence-corrected chi connectivity index (χ4v) is 3.18. The van der Waals surface area contributed by atoms with Gasteiger partial charge in [-0.25, -0.2) is 13.6 Å². The van der Waals surface area contributed by atoms with E-state index in [1.165, 1.54) is 23.3 Å². The first kappa shape index (κ1) is 13.3. The number of primary sulfonamides is 1. The van der Waals surface area contributed by atoms with Crippen molar-refractivity contribution in [3.8, 4) is 0 Å². The second kappa shape index (κ2) is 4.88. The number of methoxy groups -OCH3 is 1. The number of sulfonamides is 1. The highest BCUT2D eigenvalue weighted by atomic mass is 32.2. The molecule has 1 aromatic heterocycles. The summed E-state index contributed by atoms with van der Waals surface area (Å²) in [6.07, 6.45) is -0.113. The molecule has 0 aromatic carbocycles. The third kappa shape index (κ3) is 2.66. The van der Waals surface area contributed by atoms with Gasteiger partial charge in [0.2, 0.25) is 21.1 Å². The van der Waals surface area contributed by atoms with Crippen LogP contribution in [-0.2, 0) is 26.2 Å². The molecule has 1 unspecified atom stereocenters. The maximum Gasteiger partial charge on any atom is 0.230 e. The molecule has 18 heavy (non-hydrogen) atoms. The zero-order valence-corrected chi connectivity index (χ0v) is 11.2. The molecule has 8 nitrogen and oxygen atoms in total. The number of nitrogens with zero attached hydrogens (tertiary/aromatic N) is 3. The SMILES string of the molecule is COCc1nnc(N2CC(S(N)(=O)=O)CC2=O)s1. The minimum absolute atomic E-state index is 0.0271. The lowest BCUT2D eigenvalue weighted by Crippen LogP contribution is -2.32. The second-order valence-corrected chi connectivity index (χ2v) is 6.72. The van der Waals surface area contributed by atoms with Crippen LogP contribution in [-0.4, -0.2) is 43.4 Å². The van der Waals surface area contributed by atoms with Gasteiger partial charge in [0.05, 0.1) is 0 Å². The van der Waals surface area contributed by atoms with Gasteiger partial charge >= 0.3 is 0 Å². The second-order valence-electron chi connectivity index (χ2n) is 3.83. The van der Waals surface area contributed by atoms with Crippen molar-refractivity contribution in [3.63, 3.8) is 0 Å². The maximum atomic E-state index is 11.7. The molecule has 100 valence electrons. The Morgan fingerprint density at radius 3 is 2.83 bits per heavy atom. The highest BCUT2D eigenvalue weighted by Crippen LogP contribution is 2.27. The molecule has 10 heteroatoms. The largest absolute Gasteiger partial charge is 0.377 e. The number of nitrogens with two attached hydrogens (primary N) is 1. The standard InChI is InChI=1S/C8H12N4O4S2/c1-16-4-6-10-11-8(17-6)12-3-5(2-7(12)13)18(9,14)15/h5H,2-4H2,1H3,(H2,9,14,15). The number of carbonyl (C=O) groups is 1. The van der Waals surface area contributed by atoms with Gasteiger partial charge in [-0.1, -0.05) is 11.3 Å². The third-order valence-electron chi connectivity index (χ3n) is 2.51. The molecule has 1 saturated heterocycles. The zero-order valence-electron chi connectivity index (χ0n) is 9.57. The van der Waals surface area contributed by atoms with Crippen LogP contribution in [0.15, 0.2) is 0 Å². The summed E-state index contributed by atoms with van der Waals surface area (Å²) in [7, 11) is -2.18. The molecular weight excluding hydrogens is 280 g/mol. The van der Waals surface area contributed by atoms with Gasteiger partial charge in [-0.3, -0.25) is 9.69 Å². The average Bonchev–Trinajstić information content (AvgIpc) is 2.84. The monoisotopic (exact) mass is 292 g/mol. The van der Waals surface area contributed by atoms with Gasteiger partial charge in [-0.05, 0) is 0 Å². The molecule has 1 aliphatic heterocycles. The van der Waals surface area contributed by atoms with Crippen LogP contribution in [0.1, 0.15) is 11.4 Å². The van der Waals surface area contributed by atoms with Gasteiger partial charge in [0.15, 0.2) is 0 Å². The molecule has 1 fully saturated rings. The van der Waals surface area contributed by atoms with E-state index in [2.05, 4.69) is 10.2 Å². The Labute approximate surface area is 108 Å². The summed E-state index contributed by atoms with van der Waals surface area (Å²) in [5.41, 5.74) is 0. The van der Waals surface area contributed by atoms with Crippen molar-refractivity contribution >= 4 is 32.4 Å². The van der Waals surface area contributed by atoms with E-state index in [0.717, 1.165) is 0 Å². The first-order valence-electron chi connectivity index (χ1n) is 5.05. The van der Waals surface area contributed by atoms with Crippen molar-refractivity contribution in [2.75, 3.05) is 18.6 Å². The van der Waals surface area contributed by atoms with Crippen LogP contribution < -0.4 is 10.0 Å². The van der Waals surface area contributed by atoms with E-state index in [1.807, 2.05) is 0 Å². The molecule has 0 radical (unpaired) electrons. The number of amides is 1. The van der Waals surface area contributed by atoms with E-state index in [0.29, 0.717) is 16.7 Å². The fraction of sp³-hybridized carbons (Fsp3) is 0.625. The average molecular weight is 292 g/mol. The van der Waals surface area contributed by atoms with Crippen molar-refractivity contribution in [1.29, 1.82) is 0 Å². The van der Waals surface area contributed by atoms with Gasteiger partial charge in [-0.15, -0.1) is 10.2 Å². The Balaban J connectivity index is 2.16. The molecule has 0 spiro atoms. The lowest BCUT2D eigenvalue weighted by atomic mass is 10.4. The number of carbonyl (C=O) groups excluding carboxylic acids is 1. The fourth-order valence-electron chi connectivity index (χ4n) is 1.62. The van der Waals surface area contributed by atoms with Crippen LogP contribution in [0.2, 0.25) is 0 Å². The quantitative estimate of drug-likeness (QED) is 0.767. The van der Waals surface area contributed by atoms with E-state index in [9.17, 15) is 13.2 Å². The molecule has 1 aliphatic rings. The molecule has 1 amide bonds. The van der Waals surface area contributed by atoms with Gasteiger partial charge in [0.25, 0.3) is 0 Å². The van der Waals surface area contributed by atoms with Crippen molar-refractivity contribution in [2.45, 2.75) is 18.3 Å². The number of ether oxygens (including phenoxy) is 1. The third-order valence-corrected chi connectivity index (χ3v) is 4.67. The van der Waals surface area contributed by atoms with Crippen LogP contribution in [0, 0.1) is 0 Å². The Morgan fingerprint density at radius 2 is 2.28 bits per heavy atom. The summed E-state index contributed by atoms with van der Waals surface area (Å²) in [6, 6.07) is 0. The molecule has 2 heterocycles. The Bertz CT molecular complexity index is 555. The van der Waals surface area contributed by atoms with Crippen LogP contribution in [0.25, 0.3) is 0 Å². The Hall–Kier alpha value is -1.10. The highest BCUT2D eigenvalue weighted by molar-refractivity contribution is 7.89. The summed E-state index contributed by atoms with van der Waals surface area (Å²) >= 11 is 1.19. The summed E-state index contributed by atoms with van der Waals surface area (Å²) < 4.78 is 27.3. The van der Waals surface area contributed by atoms with Crippen LogP contribution >= 0.6 is 11.3 Å². The molecule has 2 rings (SSSR count). The van der Waals surface area contributed by atoms with Crippen LogP contribution in [0.3, 0.4) is 0 Å². The highest BCUT2D eigenvalue weighted by Gasteiger charge is 2.38. The first-order chi connectivity index (χ1) is 8.41. The van der Waals surface area contributed by atoms with Gasteiger partial charge in [0.1, 0.15) is 16.9 Å². The van der Waals surface area contributed by atoms with Gasteiger partial charge in [-0.2, -0.15) is 0 Å². The predicted octanol–water partition coefficient (Wildman–Crippen LogP) is -0.922. The molecule has 2 N–H and O–H groups in total. The first-order valence-corrected chi connectivity index (χ1v) is 7.47. The molecule has 0 saturated carbocycles. The minimum atomic E-state index is -3.71. The molecule has 1 aromatic rings. The summed E-state index contributed by atoms with van der Waals surface area (Å²) in [6.45, 7) is 0.331. The van der Waals surface area contributed by atoms with Gasteiger partial charge in [0, 0.05) is 20.1 Å². The normalized spacial score (nSPS) is 20.7. The minimum Gasteiger partial charge on any atom is -0.377 e. The lowest BCUT2D eigenvalue weighted by Gasteiger charge is -2.10. The van der Waals surface area contributed by atoms with E-state index < -0.39 is 15.3 Å². The van der Waals surface area contributed by atoms with Crippen molar-refractivity contribution in [2.24, 2.45) is 5.14 Å². The summed E-state index contributed by atoms with van der Waals surface area (Å²) in [5, 5.41) is 12.8. The number of hydrogen-bond acceptors (Lipinski definition) is 7. The Kier molecular flexibility index (Phi) is 3.61. The Morgan fingerprint density at radius 1 is 1.56 bits per heavy atom. The van der Waals surface area contributed by atoms with E-state index in [4.69, 9.17) is 9.88 Å². The number of hydrogen-bond donors (Lipinski definition) is 1. The van der Waals surface area contributed by atoms with Crippen LogP contribution in [0.4, 0.5) is 5.13 Å². The van der Waals surface area contributed by atoms with Crippen LogP contribution in [0.5, 0.6) is 0 Å². The van der Waals surface area contributed by atoms with Crippen molar-refractivity contribution < 1.29 is 17.9 Å². The zero-order chi connectivity index (χ0) is 13.3. The molecule has 1 atom stereocenters. The maximum absolute atomic E-state index is 11.7. The number of aromatic nitrogens is 2. The smallest absolute Gasteiger partial charge is 0.230 e. The molecular formula is C8H12N4O4S2. The lowest BCUT2D eigenvalue weighted by molar-refractivity contribution is -0.117. The number of anilines is 1. The van der Waals surface area contributed by atoms with Gasteiger partial charge < -0.3 is 4.74 Å². The van der Waals surface area contributed by atoms with E-state index in [-0.39, 0.29) is 18.9 Å². The van der Waals surface area contributed by atoms with E-state index >= 15 is 0 Å². The van der Waals surface area contributed by atoms with Crippen molar-refractivity contribution in [1.82, 2.24) is 10.2 Å². The number of rotatable bonds is 4. The summed E-state index contributed by atoms with van der Waals surface area (Å²) in [5.74, 6) is -0.311.